The van der Waals surface area contributed by atoms with Gasteiger partial charge in [-0.3, -0.25) is 0 Å². The molecule has 1 rings (SSSR count). The van der Waals surface area contributed by atoms with E-state index in [0.29, 0.717) is 6.54 Å². The van der Waals surface area contributed by atoms with Crippen molar-refractivity contribution in [2.75, 3.05) is 6.54 Å². The van der Waals surface area contributed by atoms with E-state index in [1.165, 1.54) is 0 Å². The van der Waals surface area contributed by atoms with Crippen molar-refractivity contribution in [1.82, 2.24) is 0 Å². The summed E-state index contributed by atoms with van der Waals surface area (Å²) in [6, 6.07) is 3.88. The largest absolute Gasteiger partial charge is 0.462 e. The zero-order valence-electron chi connectivity index (χ0n) is 6.92. The second-order valence-corrected chi connectivity index (χ2v) is 2.64. The maximum absolute atomic E-state index is 5.42. The third-order valence-corrected chi connectivity index (χ3v) is 1.47. The Morgan fingerprint density at radius 2 is 2.36 bits per heavy atom. The van der Waals surface area contributed by atoms with Crippen molar-refractivity contribution in [1.29, 1.82) is 0 Å². The van der Waals surface area contributed by atoms with E-state index in [1.807, 2.05) is 32.1 Å². The molecule has 0 radical (unpaired) electrons. The normalized spacial score (nSPS) is 12.1. The summed E-state index contributed by atoms with van der Waals surface area (Å²) < 4.78 is 5.32. The second kappa shape index (κ2) is 3.39. The SMILES string of the molecule is C/C(=C/c1ccc(C)o1)CN. The van der Waals surface area contributed by atoms with Crippen molar-refractivity contribution in [2.24, 2.45) is 5.73 Å². The molecule has 0 aromatic carbocycles. The van der Waals surface area contributed by atoms with Crippen LogP contribution in [0.1, 0.15) is 18.4 Å². The molecule has 1 aromatic rings. The lowest BCUT2D eigenvalue weighted by atomic mass is 10.2. The van der Waals surface area contributed by atoms with Gasteiger partial charge in [-0.2, -0.15) is 0 Å². The highest BCUT2D eigenvalue weighted by Crippen LogP contribution is 2.09. The van der Waals surface area contributed by atoms with Crippen molar-refractivity contribution in [2.45, 2.75) is 13.8 Å². The highest BCUT2D eigenvalue weighted by atomic mass is 16.3. The molecule has 2 nitrogen and oxygen atoms in total. The fourth-order valence-electron chi connectivity index (χ4n) is 0.833. The quantitative estimate of drug-likeness (QED) is 0.701. The average molecular weight is 151 g/mol. The Kier molecular flexibility index (Phi) is 2.49. The van der Waals surface area contributed by atoms with E-state index in [-0.39, 0.29) is 0 Å². The lowest BCUT2D eigenvalue weighted by Gasteiger charge is -1.91. The third kappa shape index (κ3) is 2.24. The van der Waals surface area contributed by atoms with Crippen LogP contribution < -0.4 is 5.73 Å². The molecule has 0 unspecified atom stereocenters. The molecule has 1 aromatic heterocycles. The van der Waals surface area contributed by atoms with Gasteiger partial charge < -0.3 is 10.2 Å². The first kappa shape index (κ1) is 8.08. The van der Waals surface area contributed by atoms with Gasteiger partial charge in [0.25, 0.3) is 0 Å². The van der Waals surface area contributed by atoms with Crippen LogP contribution in [0.5, 0.6) is 0 Å². The minimum absolute atomic E-state index is 0.583. The first-order valence-corrected chi connectivity index (χ1v) is 3.66. The van der Waals surface area contributed by atoms with Gasteiger partial charge in [0.05, 0.1) is 0 Å². The van der Waals surface area contributed by atoms with Crippen LogP contribution in [0.25, 0.3) is 6.08 Å². The predicted molar refractivity (Wildman–Crippen MR) is 46.2 cm³/mol. The molecule has 2 heteroatoms. The Morgan fingerprint density at radius 1 is 1.64 bits per heavy atom. The highest BCUT2D eigenvalue weighted by Gasteiger charge is 1.93. The van der Waals surface area contributed by atoms with Crippen LogP contribution >= 0.6 is 0 Å². The van der Waals surface area contributed by atoms with E-state index >= 15 is 0 Å². The van der Waals surface area contributed by atoms with Crippen LogP contribution in [0.15, 0.2) is 22.1 Å². The number of nitrogens with two attached hydrogens (primary N) is 1. The molecule has 0 spiro atoms. The molecule has 0 amide bonds. The molecule has 1 heterocycles. The average Bonchev–Trinajstić information content (AvgIpc) is 2.35. The first-order chi connectivity index (χ1) is 5.22. The molecule has 0 atom stereocenters. The summed E-state index contributed by atoms with van der Waals surface area (Å²) in [5.74, 6) is 1.81. The van der Waals surface area contributed by atoms with Gasteiger partial charge in [0.2, 0.25) is 0 Å². The van der Waals surface area contributed by atoms with Gasteiger partial charge in [-0.15, -0.1) is 0 Å². The standard InChI is InChI=1S/C9H13NO/c1-7(6-10)5-9-4-3-8(2)11-9/h3-5H,6,10H2,1-2H3/b7-5-. The Labute approximate surface area is 66.7 Å². The fraction of sp³-hybridized carbons (Fsp3) is 0.333. The third-order valence-electron chi connectivity index (χ3n) is 1.47. The van der Waals surface area contributed by atoms with Crippen LogP contribution in [-0.4, -0.2) is 6.54 Å². The van der Waals surface area contributed by atoms with Crippen molar-refractivity contribution in [3.05, 3.63) is 29.2 Å². The van der Waals surface area contributed by atoms with E-state index in [0.717, 1.165) is 17.1 Å². The zero-order chi connectivity index (χ0) is 8.27. The summed E-state index contributed by atoms with van der Waals surface area (Å²) in [6.45, 7) is 4.49. The van der Waals surface area contributed by atoms with Gasteiger partial charge in [0.15, 0.2) is 0 Å². The topological polar surface area (TPSA) is 39.2 Å². The van der Waals surface area contributed by atoms with Crippen molar-refractivity contribution >= 4 is 6.08 Å². The molecule has 0 bridgehead atoms. The molecule has 0 aliphatic heterocycles. The maximum Gasteiger partial charge on any atom is 0.127 e. The first-order valence-electron chi connectivity index (χ1n) is 3.66. The van der Waals surface area contributed by atoms with E-state index in [1.54, 1.807) is 0 Å². The molecule has 0 fully saturated rings. The molecular formula is C9H13NO. The Morgan fingerprint density at radius 3 is 2.82 bits per heavy atom. The molecular weight excluding hydrogens is 138 g/mol. The Hall–Kier alpha value is -1.02. The monoisotopic (exact) mass is 151 g/mol. The maximum atomic E-state index is 5.42. The molecule has 0 saturated carbocycles. The van der Waals surface area contributed by atoms with Gasteiger partial charge in [-0.25, -0.2) is 0 Å². The zero-order valence-corrected chi connectivity index (χ0v) is 6.92. The predicted octanol–water partition coefficient (Wildman–Crippen LogP) is 1.95. The number of hydrogen-bond acceptors (Lipinski definition) is 2. The number of hydrogen-bond donors (Lipinski definition) is 1. The van der Waals surface area contributed by atoms with Crippen molar-refractivity contribution in [3.63, 3.8) is 0 Å². The van der Waals surface area contributed by atoms with Crippen LogP contribution in [0, 0.1) is 6.92 Å². The number of rotatable bonds is 2. The molecule has 11 heavy (non-hydrogen) atoms. The van der Waals surface area contributed by atoms with E-state index in [4.69, 9.17) is 10.2 Å². The molecule has 0 aliphatic rings. The van der Waals surface area contributed by atoms with E-state index < -0.39 is 0 Å². The number of aryl methyl sites for hydroxylation is 1. The summed E-state index contributed by atoms with van der Waals surface area (Å²) in [4.78, 5) is 0. The van der Waals surface area contributed by atoms with E-state index in [2.05, 4.69) is 0 Å². The molecule has 0 aliphatic carbocycles. The second-order valence-electron chi connectivity index (χ2n) is 2.64. The summed E-state index contributed by atoms with van der Waals surface area (Å²) in [7, 11) is 0. The van der Waals surface area contributed by atoms with Crippen LogP contribution in [0.3, 0.4) is 0 Å². The summed E-state index contributed by atoms with van der Waals surface area (Å²) in [6.07, 6.45) is 1.95. The van der Waals surface area contributed by atoms with Gasteiger partial charge in [0.1, 0.15) is 11.5 Å². The molecule has 2 N–H and O–H groups in total. The van der Waals surface area contributed by atoms with Gasteiger partial charge >= 0.3 is 0 Å². The highest BCUT2D eigenvalue weighted by molar-refractivity contribution is 5.47. The van der Waals surface area contributed by atoms with Crippen LogP contribution in [0.4, 0.5) is 0 Å². The van der Waals surface area contributed by atoms with Gasteiger partial charge in [0, 0.05) is 6.54 Å². The van der Waals surface area contributed by atoms with E-state index in [9.17, 15) is 0 Å². The minimum atomic E-state index is 0.583. The van der Waals surface area contributed by atoms with Crippen molar-refractivity contribution in [3.8, 4) is 0 Å². The van der Waals surface area contributed by atoms with Crippen LogP contribution in [0.2, 0.25) is 0 Å². The van der Waals surface area contributed by atoms with Crippen LogP contribution in [-0.2, 0) is 0 Å². The molecule has 0 saturated heterocycles. The lowest BCUT2D eigenvalue weighted by molar-refractivity contribution is 0.524. The Bertz CT molecular complexity index is 260. The molecule has 60 valence electrons. The smallest absolute Gasteiger partial charge is 0.127 e. The summed E-state index contributed by atoms with van der Waals surface area (Å²) >= 11 is 0. The lowest BCUT2D eigenvalue weighted by Crippen LogP contribution is -1.98. The van der Waals surface area contributed by atoms with Gasteiger partial charge in [-0.1, -0.05) is 5.57 Å². The van der Waals surface area contributed by atoms with Crippen molar-refractivity contribution < 1.29 is 4.42 Å². The summed E-state index contributed by atoms with van der Waals surface area (Å²) in [5.41, 5.74) is 6.54. The summed E-state index contributed by atoms with van der Waals surface area (Å²) in [5, 5.41) is 0. The fourth-order valence-corrected chi connectivity index (χ4v) is 0.833. The van der Waals surface area contributed by atoms with Gasteiger partial charge in [-0.05, 0) is 32.1 Å². The Balaban J connectivity index is 2.78. The minimum Gasteiger partial charge on any atom is -0.462 e. The number of furan rings is 1.